The van der Waals surface area contributed by atoms with E-state index in [0.29, 0.717) is 19.5 Å². The third-order valence-corrected chi connectivity index (χ3v) is 4.22. The average Bonchev–Trinajstić information content (AvgIpc) is 2.93. The number of piperidine rings is 1. The first kappa shape index (κ1) is 16.4. The molecule has 2 heterocycles. The van der Waals surface area contributed by atoms with Crippen LogP contribution in [0.3, 0.4) is 0 Å². The number of carbonyl (C=O) groups is 2. The molecular formula is C16H24N2O4. The van der Waals surface area contributed by atoms with Gasteiger partial charge in [-0.2, -0.15) is 0 Å². The van der Waals surface area contributed by atoms with Gasteiger partial charge in [0.15, 0.2) is 0 Å². The van der Waals surface area contributed by atoms with Crippen molar-refractivity contribution < 1.29 is 18.7 Å². The van der Waals surface area contributed by atoms with Gasteiger partial charge in [0.05, 0.1) is 19.1 Å². The molecule has 1 aliphatic heterocycles. The minimum Gasteiger partial charge on any atom is -0.469 e. The molecule has 6 heteroatoms. The second-order valence-corrected chi connectivity index (χ2v) is 5.96. The smallest absolute Gasteiger partial charge is 0.317 e. The molecule has 0 bridgehead atoms. The second kappa shape index (κ2) is 6.85. The number of hydrogen-bond acceptors (Lipinski definition) is 4. The summed E-state index contributed by atoms with van der Waals surface area (Å²) in [5.74, 6) is 1.34. The summed E-state index contributed by atoms with van der Waals surface area (Å²) in [6.07, 6.45) is 0.634. The quantitative estimate of drug-likeness (QED) is 0.871. The van der Waals surface area contributed by atoms with Crippen LogP contribution in [0.4, 0.5) is 4.79 Å². The van der Waals surface area contributed by atoms with E-state index in [2.05, 4.69) is 5.32 Å². The molecular weight excluding hydrogens is 284 g/mol. The van der Waals surface area contributed by atoms with Gasteiger partial charge in [-0.3, -0.25) is 4.79 Å². The number of rotatable bonds is 3. The van der Waals surface area contributed by atoms with Crippen LogP contribution >= 0.6 is 0 Å². The third-order valence-electron chi connectivity index (χ3n) is 4.22. The monoisotopic (exact) mass is 308 g/mol. The standard InChI is InChI=1S/C16H24N2O4/c1-10-9-18(8-7-13(10)15(19)21-4)16(20)17-12(3)14-6-5-11(2)22-14/h5-6,10,12-13H,7-9H2,1-4H3,(H,17,20)/t10-,12+,13-/m1/s1. The van der Waals surface area contributed by atoms with Crippen LogP contribution in [-0.2, 0) is 9.53 Å². The predicted molar refractivity (Wildman–Crippen MR) is 81.3 cm³/mol. The zero-order valence-electron chi connectivity index (χ0n) is 13.6. The van der Waals surface area contributed by atoms with Crippen LogP contribution < -0.4 is 5.32 Å². The Morgan fingerprint density at radius 1 is 1.45 bits per heavy atom. The molecule has 1 saturated heterocycles. The van der Waals surface area contributed by atoms with Gasteiger partial charge in [-0.1, -0.05) is 6.92 Å². The van der Waals surface area contributed by atoms with Crippen LogP contribution in [0.2, 0.25) is 0 Å². The Hall–Kier alpha value is -1.98. The molecule has 2 amide bonds. The van der Waals surface area contributed by atoms with Gasteiger partial charge in [0.1, 0.15) is 11.5 Å². The van der Waals surface area contributed by atoms with E-state index in [4.69, 9.17) is 9.15 Å². The Balaban J connectivity index is 1.90. The Morgan fingerprint density at radius 3 is 2.73 bits per heavy atom. The van der Waals surface area contributed by atoms with Crippen molar-refractivity contribution >= 4 is 12.0 Å². The van der Waals surface area contributed by atoms with E-state index in [0.717, 1.165) is 11.5 Å². The minimum atomic E-state index is -0.188. The molecule has 1 N–H and O–H groups in total. The lowest BCUT2D eigenvalue weighted by molar-refractivity contribution is -0.148. The van der Waals surface area contributed by atoms with E-state index in [1.807, 2.05) is 32.9 Å². The van der Waals surface area contributed by atoms with Gasteiger partial charge in [-0.25, -0.2) is 4.79 Å². The summed E-state index contributed by atoms with van der Waals surface area (Å²) in [6, 6.07) is 3.43. The normalized spacial score (nSPS) is 23.0. The molecule has 1 aliphatic rings. The maximum Gasteiger partial charge on any atom is 0.317 e. The summed E-state index contributed by atoms with van der Waals surface area (Å²) in [5, 5.41) is 2.93. The lowest BCUT2D eigenvalue weighted by Crippen LogP contribution is -2.49. The highest BCUT2D eigenvalue weighted by molar-refractivity contribution is 5.76. The first-order chi connectivity index (χ1) is 10.4. The average molecular weight is 308 g/mol. The summed E-state index contributed by atoms with van der Waals surface area (Å²) < 4.78 is 10.3. The van der Waals surface area contributed by atoms with Crippen molar-refractivity contribution in [1.82, 2.24) is 10.2 Å². The number of ether oxygens (including phenoxy) is 1. The van der Waals surface area contributed by atoms with Crippen molar-refractivity contribution in [2.24, 2.45) is 11.8 Å². The number of esters is 1. The summed E-state index contributed by atoms with van der Waals surface area (Å²) in [7, 11) is 1.40. The SMILES string of the molecule is COC(=O)[C@@H]1CCN(C(=O)N[C@@H](C)c2ccc(C)o2)C[C@H]1C. The number of nitrogens with one attached hydrogen (secondary N) is 1. The van der Waals surface area contributed by atoms with Crippen LogP contribution in [0.25, 0.3) is 0 Å². The van der Waals surface area contributed by atoms with E-state index in [-0.39, 0.29) is 29.9 Å². The maximum atomic E-state index is 12.3. The number of amides is 2. The fourth-order valence-corrected chi connectivity index (χ4v) is 2.87. The van der Waals surface area contributed by atoms with Crippen molar-refractivity contribution in [3.05, 3.63) is 23.7 Å². The fraction of sp³-hybridized carbons (Fsp3) is 0.625. The third kappa shape index (κ3) is 3.61. The van der Waals surface area contributed by atoms with Crippen molar-refractivity contribution in [2.75, 3.05) is 20.2 Å². The highest BCUT2D eigenvalue weighted by Gasteiger charge is 2.34. The van der Waals surface area contributed by atoms with E-state index < -0.39 is 0 Å². The Kier molecular flexibility index (Phi) is 5.11. The van der Waals surface area contributed by atoms with E-state index >= 15 is 0 Å². The van der Waals surface area contributed by atoms with Crippen LogP contribution in [0, 0.1) is 18.8 Å². The lowest BCUT2D eigenvalue weighted by atomic mass is 9.87. The van der Waals surface area contributed by atoms with Gasteiger partial charge < -0.3 is 19.4 Å². The molecule has 3 atom stereocenters. The van der Waals surface area contributed by atoms with Gasteiger partial charge >= 0.3 is 12.0 Å². The molecule has 1 aromatic rings. The van der Waals surface area contributed by atoms with Gasteiger partial charge in [0.2, 0.25) is 0 Å². The Morgan fingerprint density at radius 2 is 2.18 bits per heavy atom. The second-order valence-electron chi connectivity index (χ2n) is 5.96. The zero-order chi connectivity index (χ0) is 16.3. The van der Waals surface area contributed by atoms with Gasteiger partial charge in [-0.15, -0.1) is 0 Å². The number of aryl methyl sites for hydroxylation is 1. The highest BCUT2D eigenvalue weighted by atomic mass is 16.5. The maximum absolute atomic E-state index is 12.3. The Labute approximate surface area is 130 Å². The summed E-state index contributed by atoms with van der Waals surface area (Å²) in [6.45, 7) is 6.84. The molecule has 0 aliphatic carbocycles. The van der Waals surface area contributed by atoms with Crippen LogP contribution in [0.15, 0.2) is 16.5 Å². The number of urea groups is 1. The summed E-state index contributed by atoms with van der Waals surface area (Å²) in [4.78, 5) is 25.7. The molecule has 0 unspecified atom stereocenters. The Bertz CT molecular complexity index is 540. The van der Waals surface area contributed by atoms with Crippen LogP contribution in [0.5, 0.6) is 0 Å². The van der Waals surface area contributed by atoms with Crippen molar-refractivity contribution in [3.63, 3.8) is 0 Å². The topological polar surface area (TPSA) is 71.8 Å². The summed E-state index contributed by atoms with van der Waals surface area (Å²) >= 11 is 0. The number of hydrogen-bond donors (Lipinski definition) is 1. The predicted octanol–water partition coefficient (Wildman–Crippen LogP) is 2.49. The number of methoxy groups -OCH3 is 1. The van der Waals surface area contributed by atoms with Gasteiger partial charge in [-0.05, 0) is 38.3 Å². The molecule has 122 valence electrons. The summed E-state index contributed by atoms with van der Waals surface area (Å²) in [5.41, 5.74) is 0. The van der Waals surface area contributed by atoms with Crippen molar-refractivity contribution in [2.45, 2.75) is 33.2 Å². The van der Waals surface area contributed by atoms with Gasteiger partial charge in [0.25, 0.3) is 0 Å². The zero-order valence-corrected chi connectivity index (χ0v) is 13.6. The largest absolute Gasteiger partial charge is 0.469 e. The van der Waals surface area contributed by atoms with Crippen molar-refractivity contribution in [1.29, 1.82) is 0 Å². The number of likely N-dealkylation sites (tertiary alicyclic amines) is 1. The molecule has 0 spiro atoms. The molecule has 22 heavy (non-hydrogen) atoms. The first-order valence-corrected chi connectivity index (χ1v) is 7.62. The molecule has 1 fully saturated rings. The van der Waals surface area contributed by atoms with E-state index in [9.17, 15) is 9.59 Å². The number of nitrogens with zero attached hydrogens (tertiary/aromatic N) is 1. The number of furan rings is 1. The molecule has 1 aromatic heterocycles. The van der Waals surface area contributed by atoms with Crippen LogP contribution in [-0.4, -0.2) is 37.1 Å². The fourth-order valence-electron chi connectivity index (χ4n) is 2.87. The number of carbonyl (C=O) groups excluding carboxylic acids is 2. The molecule has 0 radical (unpaired) electrons. The molecule has 6 nitrogen and oxygen atoms in total. The molecule has 0 aromatic carbocycles. The lowest BCUT2D eigenvalue weighted by Gasteiger charge is -2.35. The minimum absolute atomic E-state index is 0.0908. The van der Waals surface area contributed by atoms with Crippen LogP contribution in [0.1, 0.15) is 37.8 Å². The molecule has 2 rings (SSSR count). The van der Waals surface area contributed by atoms with E-state index in [1.54, 1.807) is 4.90 Å². The first-order valence-electron chi connectivity index (χ1n) is 7.62. The van der Waals surface area contributed by atoms with Gasteiger partial charge in [0, 0.05) is 13.1 Å². The highest BCUT2D eigenvalue weighted by Crippen LogP contribution is 2.25. The van der Waals surface area contributed by atoms with E-state index in [1.165, 1.54) is 7.11 Å². The molecule has 0 saturated carbocycles. The van der Waals surface area contributed by atoms with Crippen molar-refractivity contribution in [3.8, 4) is 0 Å².